The average Bonchev–Trinajstić information content (AvgIpc) is 3.48. The molecule has 0 atom stereocenters. The molecular formula is C34H38N4O6S. The van der Waals surface area contributed by atoms with Gasteiger partial charge in [-0.1, -0.05) is 36.4 Å². The SMILES string of the molecule is Cc1cccc(OCCCC(=O)N2CCCc3c(-c4cn(Cc5cccc(C(=O)NCCS(=O)(=O)O)c5)cn4)cccc32)c1C. The number of anilines is 1. The van der Waals surface area contributed by atoms with Crippen molar-refractivity contribution in [2.45, 2.75) is 46.1 Å². The highest BCUT2D eigenvalue weighted by Crippen LogP contribution is 2.35. The van der Waals surface area contributed by atoms with E-state index in [9.17, 15) is 18.0 Å². The minimum absolute atomic E-state index is 0.0881. The van der Waals surface area contributed by atoms with Gasteiger partial charge in [-0.05, 0) is 79.6 Å². The van der Waals surface area contributed by atoms with Crippen LogP contribution in [0.15, 0.2) is 73.2 Å². The van der Waals surface area contributed by atoms with E-state index in [1.54, 1.807) is 24.5 Å². The van der Waals surface area contributed by atoms with Crippen LogP contribution in [0.2, 0.25) is 0 Å². The summed E-state index contributed by atoms with van der Waals surface area (Å²) < 4.78 is 38.6. The largest absolute Gasteiger partial charge is 0.493 e. The number of hydrogen-bond acceptors (Lipinski definition) is 6. The van der Waals surface area contributed by atoms with Gasteiger partial charge in [-0.15, -0.1) is 0 Å². The highest BCUT2D eigenvalue weighted by molar-refractivity contribution is 7.85. The van der Waals surface area contributed by atoms with Gasteiger partial charge in [0.05, 0.1) is 24.4 Å². The number of aryl methyl sites for hydroxylation is 1. The fourth-order valence-electron chi connectivity index (χ4n) is 5.55. The summed E-state index contributed by atoms with van der Waals surface area (Å²) in [5, 5.41) is 2.51. The number of aromatic nitrogens is 2. The zero-order valence-corrected chi connectivity index (χ0v) is 26.3. The van der Waals surface area contributed by atoms with Gasteiger partial charge in [0.1, 0.15) is 5.75 Å². The Kier molecular flexibility index (Phi) is 9.99. The molecule has 5 rings (SSSR count). The molecule has 0 aliphatic carbocycles. The lowest BCUT2D eigenvalue weighted by Gasteiger charge is -2.31. The Hall–Kier alpha value is -4.48. The van der Waals surface area contributed by atoms with Crippen LogP contribution in [-0.4, -0.2) is 59.8 Å². The van der Waals surface area contributed by atoms with Gasteiger partial charge < -0.3 is 19.5 Å². The third-order valence-electron chi connectivity index (χ3n) is 8.01. The summed E-state index contributed by atoms with van der Waals surface area (Å²) >= 11 is 0. The molecule has 236 valence electrons. The summed E-state index contributed by atoms with van der Waals surface area (Å²) in [6.45, 7) is 5.56. The van der Waals surface area contributed by atoms with E-state index in [1.165, 1.54) is 5.56 Å². The van der Waals surface area contributed by atoms with Crippen LogP contribution >= 0.6 is 0 Å². The first-order chi connectivity index (χ1) is 21.6. The van der Waals surface area contributed by atoms with Gasteiger partial charge in [-0.25, -0.2) is 4.98 Å². The summed E-state index contributed by atoms with van der Waals surface area (Å²) in [7, 11) is -4.15. The molecule has 1 aromatic heterocycles. The van der Waals surface area contributed by atoms with E-state index < -0.39 is 21.8 Å². The van der Waals surface area contributed by atoms with Gasteiger partial charge in [-0.3, -0.25) is 14.1 Å². The lowest BCUT2D eigenvalue weighted by atomic mass is 9.94. The van der Waals surface area contributed by atoms with Crippen LogP contribution in [0.25, 0.3) is 11.3 Å². The van der Waals surface area contributed by atoms with Crippen LogP contribution in [0.5, 0.6) is 5.75 Å². The van der Waals surface area contributed by atoms with Crippen molar-refractivity contribution in [2.24, 2.45) is 0 Å². The van der Waals surface area contributed by atoms with Gasteiger partial charge in [0.25, 0.3) is 16.0 Å². The number of carbonyl (C=O) groups excluding carboxylic acids is 2. The van der Waals surface area contributed by atoms with Gasteiger partial charge in [0.15, 0.2) is 0 Å². The van der Waals surface area contributed by atoms with Crippen LogP contribution in [0.1, 0.15) is 51.9 Å². The first-order valence-electron chi connectivity index (χ1n) is 15.0. The monoisotopic (exact) mass is 630 g/mol. The highest BCUT2D eigenvalue weighted by Gasteiger charge is 2.25. The van der Waals surface area contributed by atoms with E-state index in [0.29, 0.717) is 38.1 Å². The van der Waals surface area contributed by atoms with E-state index in [1.807, 2.05) is 59.0 Å². The third-order valence-corrected chi connectivity index (χ3v) is 8.73. The first-order valence-corrected chi connectivity index (χ1v) is 16.7. The molecule has 11 heteroatoms. The Morgan fingerprint density at radius 3 is 2.69 bits per heavy atom. The molecule has 1 aliphatic rings. The highest BCUT2D eigenvalue weighted by atomic mass is 32.2. The van der Waals surface area contributed by atoms with Crippen molar-refractivity contribution in [1.82, 2.24) is 14.9 Å². The standard InChI is InChI=1S/C34H38N4O6S/c1-24-8-3-14-32(25(24)2)44-18-7-15-33(39)38-17-6-12-29-28(11-5-13-31(29)38)30-22-37(23-36-30)21-26-9-4-10-27(20-26)34(40)35-16-19-45(41,42)43/h3-5,8-11,13-14,20,22-23H,6-7,12,15-19,21H2,1-2H3,(H,35,40)(H,41,42,43). The van der Waals surface area contributed by atoms with Crippen molar-refractivity contribution < 1.29 is 27.3 Å². The van der Waals surface area contributed by atoms with Crippen LogP contribution in [0.3, 0.4) is 0 Å². The van der Waals surface area contributed by atoms with E-state index in [4.69, 9.17) is 9.29 Å². The van der Waals surface area contributed by atoms with Gasteiger partial charge in [0, 0.05) is 49.1 Å². The molecule has 2 heterocycles. The molecule has 45 heavy (non-hydrogen) atoms. The Bertz CT molecular complexity index is 1800. The molecular weight excluding hydrogens is 592 g/mol. The number of imidazole rings is 1. The number of benzene rings is 3. The Balaban J connectivity index is 1.22. The Morgan fingerprint density at radius 2 is 1.87 bits per heavy atom. The van der Waals surface area contributed by atoms with Crippen molar-refractivity contribution in [3.05, 3.63) is 101 Å². The second-order valence-corrected chi connectivity index (χ2v) is 12.8. The second-order valence-electron chi connectivity index (χ2n) is 11.3. The molecule has 0 unspecified atom stereocenters. The minimum Gasteiger partial charge on any atom is -0.493 e. The Morgan fingerprint density at radius 1 is 1.07 bits per heavy atom. The topological polar surface area (TPSA) is 131 Å². The van der Waals surface area contributed by atoms with Crippen LogP contribution in [0.4, 0.5) is 5.69 Å². The van der Waals surface area contributed by atoms with Gasteiger partial charge in [0.2, 0.25) is 5.91 Å². The number of carbonyl (C=O) groups is 2. The number of ether oxygens (including phenoxy) is 1. The first kappa shape index (κ1) is 31.9. The smallest absolute Gasteiger partial charge is 0.266 e. The van der Waals surface area contributed by atoms with E-state index in [-0.39, 0.29) is 12.5 Å². The molecule has 0 fully saturated rings. The molecule has 1 aliphatic heterocycles. The zero-order chi connectivity index (χ0) is 32.0. The molecule has 0 bridgehead atoms. The lowest BCUT2D eigenvalue weighted by molar-refractivity contribution is -0.118. The predicted molar refractivity (Wildman–Crippen MR) is 173 cm³/mol. The van der Waals surface area contributed by atoms with Gasteiger partial charge in [-0.2, -0.15) is 8.42 Å². The summed E-state index contributed by atoms with van der Waals surface area (Å²) in [5.74, 6) is -0.0168. The van der Waals surface area contributed by atoms with E-state index in [2.05, 4.69) is 23.3 Å². The molecule has 2 N–H and O–H groups in total. The molecule has 4 aromatic rings. The maximum atomic E-state index is 13.3. The molecule has 3 aromatic carbocycles. The molecule has 0 spiro atoms. The van der Waals surface area contributed by atoms with Crippen LogP contribution in [-0.2, 0) is 27.9 Å². The van der Waals surface area contributed by atoms with Crippen LogP contribution in [0, 0.1) is 13.8 Å². The molecule has 2 amide bonds. The maximum absolute atomic E-state index is 13.3. The molecule has 0 saturated carbocycles. The summed E-state index contributed by atoms with van der Waals surface area (Å²) in [5.41, 5.74) is 7.41. The number of fused-ring (bicyclic) bond motifs is 1. The quantitative estimate of drug-likeness (QED) is 0.167. The minimum atomic E-state index is -4.15. The molecule has 0 radical (unpaired) electrons. The fraction of sp³-hybridized carbons (Fsp3) is 0.324. The van der Waals surface area contributed by atoms with Gasteiger partial charge >= 0.3 is 0 Å². The normalized spacial score (nSPS) is 12.9. The predicted octanol–water partition coefficient (Wildman–Crippen LogP) is 4.97. The number of hydrogen-bond donors (Lipinski definition) is 2. The van der Waals surface area contributed by atoms with Crippen molar-refractivity contribution in [2.75, 3.05) is 30.3 Å². The zero-order valence-electron chi connectivity index (χ0n) is 25.5. The second kappa shape index (κ2) is 14.1. The average molecular weight is 631 g/mol. The third kappa shape index (κ3) is 8.17. The van der Waals surface area contributed by atoms with E-state index in [0.717, 1.165) is 52.2 Å². The van der Waals surface area contributed by atoms with Crippen molar-refractivity contribution in [3.63, 3.8) is 0 Å². The van der Waals surface area contributed by atoms with Crippen molar-refractivity contribution in [3.8, 4) is 17.0 Å². The van der Waals surface area contributed by atoms with Crippen molar-refractivity contribution in [1.29, 1.82) is 0 Å². The fourth-order valence-corrected chi connectivity index (χ4v) is 5.91. The van der Waals surface area contributed by atoms with Crippen LogP contribution < -0.4 is 15.0 Å². The molecule has 10 nitrogen and oxygen atoms in total. The number of rotatable bonds is 12. The summed E-state index contributed by atoms with van der Waals surface area (Å²) in [4.78, 5) is 32.3. The number of nitrogens with one attached hydrogen (secondary N) is 1. The van der Waals surface area contributed by atoms with E-state index >= 15 is 0 Å². The summed E-state index contributed by atoms with van der Waals surface area (Å²) in [6, 6.07) is 19.1. The summed E-state index contributed by atoms with van der Waals surface area (Å²) in [6.07, 6.45) is 6.46. The Labute approximate surface area is 263 Å². The number of amides is 2. The van der Waals surface area contributed by atoms with Crippen molar-refractivity contribution >= 4 is 27.6 Å². The number of nitrogens with zero attached hydrogens (tertiary/aromatic N) is 3. The molecule has 0 saturated heterocycles. The maximum Gasteiger partial charge on any atom is 0.266 e. The lowest BCUT2D eigenvalue weighted by Crippen LogP contribution is -2.35.